The van der Waals surface area contributed by atoms with Crippen LogP contribution in [0.3, 0.4) is 0 Å². The van der Waals surface area contributed by atoms with Crippen LogP contribution in [0.1, 0.15) is 13.8 Å². The lowest BCUT2D eigenvalue weighted by molar-refractivity contribution is 0.0298. The van der Waals surface area contributed by atoms with E-state index >= 15 is 0 Å². The first kappa shape index (κ1) is 15.2. The van der Waals surface area contributed by atoms with Crippen LogP contribution in [0.4, 0.5) is 0 Å². The van der Waals surface area contributed by atoms with Crippen LogP contribution >= 0.6 is 0 Å². The van der Waals surface area contributed by atoms with Crippen molar-refractivity contribution < 1.29 is 14.6 Å². The number of morpholine rings is 1. The molecule has 1 fully saturated rings. The number of nitrogens with two attached hydrogens (primary N) is 1. The smallest absolute Gasteiger partial charge is 0.191 e. The molecule has 6 nitrogen and oxygen atoms in total. The molecule has 0 aliphatic carbocycles. The van der Waals surface area contributed by atoms with E-state index < -0.39 is 6.10 Å². The third-order valence-electron chi connectivity index (χ3n) is 2.56. The van der Waals surface area contributed by atoms with Crippen LogP contribution in [0.15, 0.2) is 4.99 Å². The number of nitrogens with zero attached hydrogens (tertiary/aromatic N) is 2. The first-order valence-electron chi connectivity index (χ1n) is 6.48. The fourth-order valence-corrected chi connectivity index (χ4v) is 1.58. The number of ether oxygens (including phenoxy) is 2. The molecule has 1 unspecified atom stereocenters. The third-order valence-corrected chi connectivity index (χ3v) is 2.56. The Kier molecular flexibility index (Phi) is 7.00. The van der Waals surface area contributed by atoms with Gasteiger partial charge in [-0.2, -0.15) is 0 Å². The van der Waals surface area contributed by atoms with Crippen molar-refractivity contribution in [2.75, 3.05) is 46.1 Å². The third kappa shape index (κ3) is 6.18. The molecule has 0 radical (unpaired) electrons. The van der Waals surface area contributed by atoms with Crippen molar-refractivity contribution in [3.05, 3.63) is 0 Å². The minimum atomic E-state index is -0.594. The lowest BCUT2D eigenvalue weighted by atomic mass is 10.2. The summed E-state index contributed by atoms with van der Waals surface area (Å²) in [5, 5.41) is 9.68. The molecule has 106 valence electrons. The molecule has 1 aliphatic rings. The number of guanidine groups is 1. The molecule has 0 aromatic carbocycles. The summed E-state index contributed by atoms with van der Waals surface area (Å²) in [6.07, 6.45) is -0.594. The molecule has 0 aromatic heterocycles. The molecule has 0 amide bonds. The quantitative estimate of drug-likeness (QED) is 0.504. The Hall–Kier alpha value is -0.850. The fraction of sp³-hybridized carbons (Fsp3) is 0.917. The summed E-state index contributed by atoms with van der Waals surface area (Å²) in [5.41, 5.74) is 5.84. The topological polar surface area (TPSA) is 80.3 Å². The molecule has 0 spiro atoms. The van der Waals surface area contributed by atoms with Crippen LogP contribution < -0.4 is 5.73 Å². The summed E-state index contributed by atoms with van der Waals surface area (Å²) in [7, 11) is 0. The van der Waals surface area contributed by atoms with Crippen molar-refractivity contribution in [2.45, 2.75) is 20.0 Å². The zero-order valence-electron chi connectivity index (χ0n) is 11.3. The number of aliphatic imine (C=N–C) groups is 1. The Morgan fingerprint density at radius 2 is 2.06 bits per heavy atom. The Morgan fingerprint density at radius 1 is 1.39 bits per heavy atom. The monoisotopic (exact) mass is 259 g/mol. The number of aliphatic hydroxyl groups excluding tert-OH is 1. The van der Waals surface area contributed by atoms with Gasteiger partial charge in [0.15, 0.2) is 5.96 Å². The van der Waals surface area contributed by atoms with E-state index in [4.69, 9.17) is 15.2 Å². The van der Waals surface area contributed by atoms with Gasteiger partial charge in [0, 0.05) is 19.7 Å². The highest BCUT2D eigenvalue weighted by atomic mass is 16.5. The van der Waals surface area contributed by atoms with Gasteiger partial charge in [-0.25, -0.2) is 0 Å². The summed E-state index contributed by atoms with van der Waals surface area (Å²) in [6.45, 7) is 8.25. The highest BCUT2D eigenvalue weighted by Crippen LogP contribution is 1.98. The minimum absolute atomic E-state index is 0.279. The van der Waals surface area contributed by atoms with Crippen LogP contribution in [-0.4, -0.2) is 68.1 Å². The van der Waals surface area contributed by atoms with Gasteiger partial charge in [0.05, 0.1) is 32.5 Å². The molecule has 1 heterocycles. The molecule has 1 saturated heterocycles. The second-order valence-electron chi connectivity index (χ2n) is 4.88. The summed E-state index contributed by atoms with van der Waals surface area (Å²) in [4.78, 5) is 6.14. The Balaban J connectivity index is 2.20. The van der Waals surface area contributed by atoms with E-state index in [-0.39, 0.29) is 6.54 Å². The molecule has 18 heavy (non-hydrogen) atoms. The van der Waals surface area contributed by atoms with E-state index in [0.717, 1.165) is 13.1 Å². The number of hydrogen-bond donors (Lipinski definition) is 2. The molecule has 1 aliphatic heterocycles. The second-order valence-corrected chi connectivity index (χ2v) is 4.88. The summed E-state index contributed by atoms with van der Waals surface area (Å²) in [5.74, 6) is 0.945. The predicted molar refractivity (Wildman–Crippen MR) is 70.5 cm³/mol. The van der Waals surface area contributed by atoms with Gasteiger partial charge in [-0.1, -0.05) is 13.8 Å². The van der Waals surface area contributed by atoms with Crippen LogP contribution in [0.25, 0.3) is 0 Å². The van der Waals surface area contributed by atoms with Crippen molar-refractivity contribution in [2.24, 2.45) is 16.6 Å². The number of aliphatic hydroxyl groups is 1. The van der Waals surface area contributed by atoms with Crippen LogP contribution in [0.5, 0.6) is 0 Å². The molecule has 1 rings (SSSR count). The van der Waals surface area contributed by atoms with Crippen molar-refractivity contribution in [1.82, 2.24) is 4.90 Å². The van der Waals surface area contributed by atoms with E-state index in [2.05, 4.69) is 18.8 Å². The van der Waals surface area contributed by atoms with Crippen molar-refractivity contribution in [3.8, 4) is 0 Å². The van der Waals surface area contributed by atoms with Gasteiger partial charge in [0.1, 0.15) is 0 Å². The van der Waals surface area contributed by atoms with Gasteiger partial charge in [0.25, 0.3) is 0 Å². The molecule has 1 atom stereocenters. The molecule has 0 bridgehead atoms. The van der Waals surface area contributed by atoms with Gasteiger partial charge in [-0.05, 0) is 5.92 Å². The van der Waals surface area contributed by atoms with Gasteiger partial charge in [0.2, 0.25) is 0 Å². The normalized spacial score (nSPS) is 19.3. The van der Waals surface area contributed by atoms with Gasteiger partial charge in [-0.3, -0.25) is 4.99 Å². The molecule has 6 heteroatoms. The van der Waals surface area contributed by atoms with Crippen LogP contribution in [0.2, 0.25) is 0 Å². The van der Waals surface area contributed by atoms with Gasteiger partial charge < -0.3 is 25.2 Å². The number of rotatable bonds is 6. The predicted octanol–water partition coefficient (Wildman–Crippen LogP) is -0.333. The largest absolute Gasteiger partial charge is 0.389 e. The minimum Gasteiger partial charge on any atom is -0.389 e. The number of hydrogen-bond acceptors (Lipinski definition) is 4. The lowest BCUT2D eigenvalue weighted by Gasteiger charge is -2.27. The van der Waals surface area contributed by atoms with Gasteiger partial charge in [-0.15, -0.1) is 0 Å². The Morgan fingerprint density at radius 3 is 2.67 bits per heavy atom. The van der Waals surface area contributed by atoms with Crippen LogP contribution in [-0.2, 0) is 9.47 Å². The Bertz CT molecular complexity index is 253. The van der Waals surface area contributed by atoms with Crippen LogP contribution in [0, 0.1) is 5.92 Å². The van der Waals surface area contributed by atoms with Crippen molar-refractivity contribution in [1.29, 1.82) is 0 Å². The molecular weight excluding hydrogens is 234 g/mol. The first-order valence-corrected chi connectivity index (χ1v) is 6.48. The zero-order valence-corrected chi connectivity index (χ0v) is 11.3. The van der Waals surface area contributed by atoms with E-state index in [1.807, 2.05) is 4.90 Å². The van der Waals surface area contributed by atoms with Crippen molar-refractivity contribution in [3.63, 3.8) is 0 Å². The average Bonchev–Trinajstić information content (AvgIpc) is 2.36. The zero-order chi connectivity index (χ0) is 13.4. The standard InChI is InChI=1S/C12H25N3O3/c1-10(2)8-18-9-11(16)7-14-12(13)15-3-5-17-6-4-15/h10-11,16H,3-9H2,1-2H3,(H2,13,14). The average molecular weight is 259 g/mol. The first-order chi connectivity index (χ1) is 8.59. The highest BCUT2D eigenvalue weighted by molar-refractivity contribution is 5.78. The van der Waals surface area contributed by atoms with E-state index in [1.54, 1.807) is 0 Å². The SMILES string of the molecule is CC(C)COCC(O)CN=C(N)N1CCOCC1. The second kappa shape index (κ2) is 8.29. The van der Waals surface area contributed by atoms with Crippen molar-refractivity contribution >= 4 is 5.96 Å². The van der Waals surface area contributed by atoms with E-state index in [0.29, 0.717) is 38.3 Å². The fourth-order valence-electron chi connectivity index (χ4n) is 1.58. The summed E-state index contributed by atoms with van der Waals surface area (Å²) >= 11 is 0. The maximum absolute atomic E-state index is 9.68. The summed E-state index contributed by atoms with van der Waals surface area (Å²) in [6, 6.07) is 0. The maximum atomic E-state index is 9.68. The molecule has 3 N–H and O–H groups in total. The van der Waals surface area contributed by atoms with Gasteiger partial charge >= 0.3 is 0 Å². The van der Waals surface area contributed by atoms with E-state index in [1.165, 1.54) is 0 Å². The lowest BCUT2D eigenvalue weighted by Crippen LogP contribution is -2.45. The molecule has 0 saturated carbocycles. The summed E-state index contributed by atoms with van der Waals surface area (Å²) < 4.78 is 10.6. The maximum Gasteiger partial charge on any atom is 0.191 e. The Labute approximate surface area is 109 Å². The molecular formula is C12H25N3O3. The molecule has 0 aromatic rings. The van der Waals surface area contributed by atoms with E-state index in [9.17, 15) is 5.11 Å². The highest BCUT2D eigenvalue weighted by Gasteiger charge is 2.12.